The Morgan fingerprint density at radius 1 is 1.11 bits per heavy atom. The van der Waals surface area contributed by atoms with Crippen molar-refractivity contribution in [1.29, 1.82) is 0 Å². The number of H-pyrrole nitrogens is 1. The van der Waals surface area contributed by atoms with E-state index in [9.17, 15) is 4.79 Å². The molecule has 37 heavy (non-hydrogen) atoms. The molecule has 2 atom stereocenters. The minimum atomic E-state index is -1.25. The quantitative estimate of drug-likeness (QED) is 0.372. The van der Waals surface area contributed by atoms with Gasteiger partial charge in [-0.05, 0) is 22.9 Å². The summed E-state index contributed by atoms with van der Waals surface area (Å²) in [5.74, 6) is -0.982. The van der Waals surface area contributed by atoms with Crippen LogP contribution >= 0.6 is 0 Å². The third-order valence-electron chi connectivity index (χ3n) is 6.68. The van der Waals surface area contributed by atoms with Crippen molar-refractivity contribution < 1.29 is 9.53 Å². The molecule has 1 saturated heterocycles. The number of piperazine rings is 1. The molecular weight excluding hydrogens is 470 g/mol. The predicted octanol–water partition coefficient (Wildman–Crippen LogP) is 1.43. The average Bonchev–Trinajstić information content (AvgIpc) is 3.44. The first kappa shape index (κ1) is 24.9. The fraction of sp³-hybridized carbons (Fsp3) is 0.346. The summed E-state index contributed by atoms with van der Waals surface area (Å²) >= 11 is 0. The van der Waals surface area contributed by atoms with Crippen LogP contribution in [0.2, 0.25) is 0 Å². The van der Waals surface area contributed by atoms with Crippen LogP contribution < -0.4 is 11.1 Å². The van der Waals surface area contributed by atoms with Gasteiger partial charge in [0.25, 0.3) is 5.95 Å². The van der Waals surface area contributed by atoms with E-state index in [0.717, 1.165) is 50.5 Å². The number of nitrogens with one attached hydrogen (secondary N) is 2. The second kappa shape index (κ2) is 11.5. The highest BCUT2D eigenvalue weighted by Gasteiger charge is 2.39. The highest BCUT2D eigenvalue weighted by Crippen LogP contribution is 2.25. The molecule has 11 heteroatoms. The first-order chi connectivity index (χ1) is 18.1. The Labute approximate surface area is 215 Å². The number of pyridine rings is 1. The Morgan fingerprint density at radius 2 is 1.92 bits per heavy atom. The molecule has 2 aromatic heterocycles. The summed E-state index contributed by atoms with van der Waals surface area (Å²) in [6.07, 6.45) is 8.85. The summed E-state index contributed by atoms with van der Waals surface area (Å²) in [6, 6.07) is 14.5. The van der Waals surface area contributed by atoms with E-state index >= 15 is 0 Å². The molecule has 0 bridgehead atoms. The van der Waals surface area contributed by atoms with E-state index in [0.29, 0.717) is 6.61 Å². The maximum atomic E-state index is 12.7. The van der Waals surface area contributed by atoms with Crippen molar-refractivity contribution in [2.24, 2.45) is 11.7 Å². The Hall–Kier alpha value is -3.77. The van der Waals surface area contributed by atoms with E-state index in [1.807, 2.05) is 30.5 Å². The fourth-order valence-corrected chi connectivity index (χ4v) is 4.65. The minimum absolute atomic E-state index is 0.0929. The second-order valence-corrected chi connectivity index (χ2v) is 9.14. The van der Waals surface area contributed by atoms with E-state index in [4.69, 9.17) is 10.5 Å². The summed E-state index contributed by atoms with van der Waals surface area (Å²) < 4.78 is 6.06. The SMILES string of the molecule is NC1(OCCN2CCN(Cc3cccnc3-c3ccccc3)CC2)C=CC=CC1C(=O)Nc1nn[nH]n1. The normalized spacial score (nSPS) is 22.2. The number of rotatable bonds is 9. The van der Waals surface area contributed by atoms with Gasteiger partial charge in [0, 0.05) is 51.0 Å². The monoisotopic (exact) mass is 501 g/mol. The number of aromatic nitrogens is 5. The van der Waals surface area contributed by atoms with Gasteiger partial charge in [0.15, 0.2) is 5.72 Å². The summed E-state index contributed by atoms with van der Waals surface area (Å²) in [5, 5.41) is 15.9. The molecule has 3 aromatic rings. The van der Waals surface area contributed by atoms with Gasteiger partial charge in [0.05, 0.1) is 12.3 Å². The van der Waals surface area contributed by atoms with Crippen molar-refractivity contribution in [3.63, 3.8) is 0 Å². The largest absolute Gasteiger partial charge is 0.355 e. The average molecular weight is 502 g/mol. The molecule has 4 N–H and O–H groups in total. The molecule has 11 nitrogen and oxygen atoms in total. The predicted molar refractivity (Wildman–Crippen MR) is 139 cm³/mol. The standard InChI is InChI=1S/C26H31N9O2/c27-26(11-5-4-10-22(26)24(36)29-25-30-32-33-31-25)37-18-17-34-13-15-35(16-14-34)19-21-9-6-12-28-23(21)20-7-2-1-3-8-20/h1-12,22H,13-19,27H2,(H2,29,30,31,32,33,36). The molecule has 1 aliphatic heterocycles. The first-order valence-electron chi connectivity index (χ1n) is 12.4. The minimum Gasteiger partial charge on any atom is -0.355 e. The lowest BCUT2D eigenvalue weighted by Gasteiger charge is -2.37. The fourth-order valence-electron chi connectivity index (χ4n) is 4.65. The molecular formula is C26H31N9O2. The van der Waals surface area contributed by atoms with E-state index in [-0.39, 0.29) is 11.9 Å². The number of anilines is 1. The van der Waals surface area contributed by atoms with Crippen molar-refractivity contribution in [2.75, 3.05) is 44.6 Å². The highest BCUT2D eigenvalue weighted by molar-refractivity contribution is 5.93. The molecule has 5 rings (SSSR count). The van der Waals surface area contributed by atoms with Crippen LogP contribution in [0.5, 0.6) is 0 Å². The van der Waals surface area contributed by atoms with Crippen molar-refractivity contribution in [3.8, 4) is 11.3 Å². The van der Waals surface area contributed by atoms with Gasteiger partial charge in [-0.2, -0.15) is 5.21 Å². The van der Waals surface area contributed by atoms with E-state index in [1.54, 1.807) is 24.3 Å². The Kier molecular flexibility index (Phi) is 7.76. The van der Waals surface area contributed by atoms with Gasteiger partial charge in [-0.1, -0.05) is 59.7 Å². The molecule has 0 saturated carbocycles. The highest BCUT2D eigenvalue weighted by atomic mass is 16.5. The summed E-state index contributed by atoms with van der Waals surface area (Å²) in [4.78, 5) is 22.2. The molecule has 3 heterocycles. The van der Waals surface area contributed by atoms with E-state index in [1.165, 1.54) is 5.56 Å². The van der Waals surface area contributed by atoms with Crippen LogP contribution in [0.4, 0.5) is 5.95 Å². The van der Waals surface area contributed by atoms with Crippen LogP contribution in [0.15, 0.2) is 73.0 Å². The van der Waals surface area contributed by atoms with Crippen LogP contribution in [0, 0.1) is 5.92 Å². The van der Waals surface area contributed by atoms with Gasteiger partial charge in [-0.25, -0.2) is 0 Å². The third kappa shape index (κ3) is 6.15. The zero-order valence-corrected chi connectivity index (χ0v) is 20.5. The molecule has 1 fully saturated rings. The van der Waals surface area contributed by atoms with Gasteiger partial charge in [0.1, 0.15) is 5.92 Å². The molecule has 0 radical (unpaired) electrons. The summed E-state index contributed by atoms with van der Waals surface area (Å²) in [7, 11) is 0. The lowest BCUT2D eigenvalue weighted by atomic mass is 9.91. The van der Waals surface area contributed by atoms with Crippen LogP contribution in [-0.2, 0) is 16.1 Å². The van der Waals surface area contributed by atoms with Crippen LogP contribution in [-0.4, -0.2) is 86.4 Å². The Morgan fingerprint density at radius 3 is 2.70 bits per heavy atom. The zero-order chi connectivity index (χ0) is 25.5. The number of hydrogen-bond donors (Lipinski definition) is 3. The summed E-state index contributed by atoms with van der Waals surface area (Å²) in [5.41, 5.74) is 8.66. The lowest BCUT2D eigenvalue weighted by Crippen LogP contribution is -2.54. The van der Waals surface area contributed by atoms with E-state index in [2.05, 4.69) is 58.9 Å². The lowest BCUT2D eigenvalue weighted by molar-refractivity contribution is -0.127. The first-order valence-corrected chi connectivity index (χ1v) is 12.4. The van der Waals surface area contributed by atoms with Gasteiger partial charge in [-0.3, -0.25) is 30.6 Å². The molecule has 0 spiro atoms. The van der Waals surface area contributed by atoms with Crippen molar-refractivity contribution in [2.45, 2.75) is 12.3 Å². The molecule has 2 aliphatic rings. The number of nitrogens with two attached hydrogens (primary N) is 1. The van der Waals surface area contributed by atoms with Gasteiger partial charge < -0.3 is 4.74 Å². The maximum absolute atomic E-state index is 12.7. The Balaban J connectivity index is 1.10. The molecule has 1 amide bonds. The third-order valence-corrected chi connectivity index (χ3v) is 6.68. The molecule has 2 unspecified atom stereocenters. The van der Waals surface area contributed by atoms with E-state index < -0.39 is 11.6 Å². The van der Waals surface area contributed by atoms with Crippen LogP contribution in [0.1, 0.15) is 5.56 Å². The van der Waals surface area contributed by atoms with Gasteiger partial charge >= 0.3 is 0 Å². The molecule has 1 aromatic carbocycles. The maximum Gasteiger partial charge on any atom is 0.269 e. The summed E-state index contributed by atoms with van der Waals surface area (Å²) in [6.45, 7) is 5.76. The number of ether oxygens (including phenoxy) is 1. The number of tetrazole rings is 1. The number of carbonyl (C=O) groups is 1. The Bertz CT molecular complexity index is 1220. The number of amides is 1. The molecule has 192 valence electrons. The van der Waals surface area contributed by atoms with Crippen molar-refractivity contribution in [3.05, 3.63) is 78.5 Å². The number of carbonyl (C=O) groups excluding carboxylic acids is 1. The molecule has 1 aliphatic carbocycles. The smallest absolute Gasteiger partial charge is 0.269 e. The topological polar surface area (TPSA) is 138 Å². The number of aromatic amines is 1. The number of hydrogen-bond acceptors (Lipinski definition) is 9. The number of nitrogens with zero attached hydrogens (tertiary/aromatic N) is 6. The van der Waals surface area contributed by atoms with Gasteiger partial charge in [-0.15, -0.1) is 5.10 Å². The van der Waals surface area contributed by atoms with Crippen LogP contribution in [0.3, 0.4) is 0 Å². The van der Waals surface area contributed by atoms with Crippen LogP contribution in [0.25, 0.3) is 11.3 Å². The zero-order valence-electron chi connectivity index (χ0n) is 20.5. The van der Waals surface area contributed by atoms with Gasteiger partial charge in [0.2, 0.25) is 5.91 Å². The van der Waals surface area contributed by atoms with Crippen molar-refractivity contribution >= 4 is 11.9 Å². The number of allylic oxidation sites excluding steroid dienone is 2. The second-order valence-electron chi connectivity index (χ2n) is 9.14. The number of benzene rings is 1. The van der Waals surface area contributed by atoms with Crippen molar-refractivity contribution in [1.82, 2.24) is 35.4 Å².